The molecule has 0 aromatic carbocycles. The average molecular weight is 155 g/mol. The molecule has 64 valence electrons. The first-order valence-corrected chi connectivity index (χ1v) is 4.78. The van der Waals surface area contributed by atoms with Gasteiger partial charge in [-0.05, 0) is 38.8 Å². The summed E-state index contributed by atoms with van der Waals surface area (Å²) in [6.45, 7) is 4.60. The summed E-state index contributed by atoms with van der Waals surface area (Å²) in [4.78, 5) is 2.60. The van der Waals surface area contributed by atoms with Gasteiger partial charge in [0.25, 0.3) is 0 Å². The summed E-state index contributed by atoms with van der Waals surface area (Å²) in [5.74, 6) is 0. The molecule has 2 aliphatic heterocycles. The van der Waals surface area contributed by atoms with Gasteiger partial charge < -0.3 is 4.74 Å². The smallest absolute Gasteiger partial charge is 0.0621 e. The summed E-state index contributed by atoms with van der Waals surface area (Å²) in [6.07, 6.45) is 5.42. The zero-order chi connectivity index (χ0) is 7.52. The van der Waals surface area contributed by atoms with Crippen LogP contribution in [0.3, 0.4) is 0 Å². The SMILES string of the molecule is C1COCC(N2CCCC2)C1. The monoisotopic (exact) mass is 155 g/mol. The standard InChI is InChI=1S/C9H17NO/c1-2-6-10(5-1)9-4-3-7-11-8-9/h9H,1-8H2. The summed E-state index contributed by atoms with van der Waals surface area (Å²) >= 11 is 0. The van der Waals surface area contributed by atoms with Gasteiger partial charge in [0.2, 0.25) is 0 Å². The van der Waals surface area contributed by atoms with E-state index in [1.807, 2.05) is 0 Å². The summed E-state index contributed by atoms with van der Waals surface area (Å²) in [6, 6.07) is 0.756. The summed E-state index contributed by atoms with van der Waals surface area (Å²) in [5, 5.41) is 0. The maximum absolute atomic E-state index is 5.45. The van der Waals surface area contributed by atoms with Gasteiger partial charge in [-0.25, -0.2) is 0 Å². The second-order valence-electron chi connectivity index (χ2n) is 3.61. The Labute approximate surface area is 68.5 Å². The van der Waals surface area contributed by atoms with Crippen molar-refractivity contribution in [3.63, 3.8) is 0 Å². The Morgan fingerprint density at radius 2 is 1.91 bits per heavy atom. The Morgan fingerprint density at radius 1 is 1.09 bits per heavy atom. The van der Waals surface area contributed by atoms with Crippen LogP contribution < -0.4 is 0 Å². The van der Waals surface area contributed by atoms with Crippen LogP contribution in [-0.2, 0) is 4.74 Å². The van der Waals surface area contributed by atoms with E-state index < -0.39 is 0 Å². The lowest BCUT2D eigenvalue weighted by Gasteiger charge is -2.30. The first kappa shape index (κ1) is 7.56. The van der Waals surface area contributed by atoms with E-state index in [1.54, 1.807) is 0 Å². The molecule has 0 aromatic heterocycles. The fourth-order valence-electron chi connectivity index (χ4n) is 2.12. The molecule has 0 amide bonds. The first-order valence-electron chi connectivity index (χ1n) is 4.78. The Balaban J connectivity index is 1.82. The molecule has 0 aliphatic carbocycles. The second-order valence-corrected chi connectivity index (χ2v) is 3.61. The van der Waals surface area contributed by atoms with Crippen molar-refractivity contribution in [3.05, 3.63) is 0 Å². The molecule has 0 radical (unpaired) electrons. The van der Waals surface area contributed by atoms with E-state index in [0.29, 0.717) is 0 Å². The molecule has 0 bridgehead atoms. The fraction of sp³-hybridized carbons (Fsp3) is 1.00. The maximum Gasteiger partial charge on any atom is 0.0621 e. The van der Waals surface area contributed by atoms with Gasteiger partial charge in [0.05, 0.1) is 6.61 Å². The maximum atomic E-state index is 5.45. The fourth-order valence-corrected chi connectivity index (χ4v) is 2.12. The number of likely N-dealkylation sites (tertiary alicyclic amines) is 1. The zero-order valence-corrected chi connectivity index (χ0v) is 7.09. The number of hydrogen-bond donors (Lipinski definition) is 0. The topological polar surface area (TPSA) is 12.5 Å². The van der Waals surface area contributed by atoms with Gasteiger partial charge >= 0.3 is 0 Å². The molecule has 2 rings (SSSR count). The van der Waals surface area contributed by atoms with Gasteiger partial charge in [0.15, 0.2) is 0 Å². The molecule has 2 fully saturated rings. The minimum atomic E-state index is 0.756. The van der Waals surface area contributed by atoms with Crippen LogP contribution in [0.25, 0.3) is 0 Å². The third-order valence-electron chi connectivity index (χ3n) is 2.79. The van der Waals surface area contributed by atoms with Crippen LogP contribution in [0.15, 0.2) is 0 Å². The molecule has 0 saturated carbocycles. The molecule has 1 unspecified atom stereocenters. The quantitative estimate of drug-likeness (QED) is 0.565. The molecule has 0 spiro atoms. The Bertz CT molecular complexity index is 115. The normalized spacial score (nSPS) is 34.4. The van der Waals surface area contributed by atoms with Gasteiger partial charge in [-0.3, -0.25) is 4.90 Å². The highest BCUT2D eigenvalue weighted by Crippen LogP contribution is 2.18. The van der Waals surface area contributed by atoms with E-state index in [0.717, 1.165) is 19.3 Å². The molecule has 2 heterocycles. The summed E-state index contributed by atoms with van der Waals surface area (Å²) in [5.41, 5.74) is 0. The van der Waals surface area contributed by atoms with Crippen molar-refractivity contribution in [2.45, 2.75) is 31.7 Å². The van der Waals surface area contributed by atoms with E-state index in [4.69, 9.17) is 4.74 Å². The first-order chi connectivity index (χ1) is 5.47. The molecule has 2 saturated heterocycles. The van der Waals surface area contributed by atoms with Crippen molar-refractivity contribution >= 4 is 0 Å². The van der Waals surface area contributed by atoms with Crippen LogP contribution in [0.5, 0.6) is 0 Å². The van der Waals surface area contributed by atoms with Crippen LogP contribution in [0.1, 0.15) is 25.7 Å². The lowest BCUT2D eigenvalue weighted by Crippen LogP contribution is -2.39. The van der Waals surface area contributed by atoms with Crippen molar-refractivity contribution in [2.75, 3.05) is 26.3 Å². The molecule has 2 nitrogen and oxygen atoms in total. The molecule has 0 aromatic rings. The van der Waals surface area contributed by atoms with Crippen LogP contribution >= 0.6 is 0 Å². The van der Waals surface area contributed by atoms with Crippen LogP contribution in [0.2, 0.25) is 0 Å². The van der Waals surface area contributed by atoms with E-state index in [2.05, 4.69) is 4.90 Å². The minimum Gasteiger partial charge on any atom is -0.380 e. The summed E-state index contributed by atoms with van der Waals surface area (Å²) < 4.78 is 5.45. The highest BCUT2D eigenvalue weighted by molar-refractivity contribution is 4.77. The molecular weight excluding hydrogens is 138 g/mol. The minimum absolute atomic E-state index is 0.756. The molecule has 2 aliphatic rings. The van der Waals surface area contributed by atoms with E-state index in [1.165, 1.54) is 38.8 Å². The summed E-state index contributed by atoms with van der Waals surface area (Å²) in [7, 11) is 0. The van der Waals surface area contributed by atoms with E-state index in [9.17, 15) is 0 Å². The van der Waals surface area contributed by atoms with Gasteiger partial charge in [0.1, 0.15) is 0 Å². The second kappa shape index (κ2) is 3.55. The number of hydrogen-bond acceptors (Lipinski definition) is 2. The predicted molar refractivity (Wildman–Crippen MR) is 44.6 cm³/mol. The zero-order valence-electron chi connectivity index (χ0n) is 7.09. The van der Waals surface area contributed by atoms with Crippen molar-refractivity contribution < 1.29 is 4.74 Å². The molecular formula is C9H17NO. The van der Waals surface area contributed by atoms with E-state index in [-0.39, 0.29) is 0 Å². The molecule has 11 heavy (non-hydrogen) atoms. The lowest BCUT2D eigenvalue weighted by molar-refractivity contribution is 0.0268. The molecule has 1 atom stereocenters. The lowest BCUT2D eigenvalue weighted by atomic mass is 10.1. The number of rotatable bonds is 1. The Morgan fingerprint density at radius 3 is 2.55 bits per heavy atom. The van der Waals surface area contributed by atoms with Crippen molar-refractivity contribution in [3.8, 4) is 0 Å². The van der Waals surface area contributed by atoms with Crippen LogP contribution in [-0.4, -0.2) is 37.2 Å². The van der Waals surface area contributed by atoms with Crippen molar-refractivity contribution in [2.24, 2.45) is 0 Å². The average Bonchev–Trinajstić information content (AvgIpc) is 2.58. The van der Waals surface area contributed by atoms with Gasteiger partial charge in [0, 0.05) is 12.6 Å². The predicted octanol–water partition coefficient (Wildman–Crippen LogP) is 1.26. The largest absolute Gasteiger partial charge is 0.380 e. The highest BCUT2D eigenvalue weighted by atomic mass is 16.5. The third kappa shape index (κ3) is 1.74. The van der Waals surface area contributed by atoms with Crippen molar-refractivity contribution in [1.29, 1.82) is 0 Å². The van der Waals surface area contributed by atoms with Crippen LogP contribution in [0, 0.1) is 0 Å². The third-order valence-corrected chi connectivity index (χ3v) is 2.79. The highest BCUT2D eigenvalue weighted by Gasteiger charge is 2.23. The van der Waals surface area contributed by atoms with Gasteiger partial charge in [-0.1, -0.05) is 0 Å². The number of nitrogens with zero attached hydrogens (tertiary/aromatic N) is 1. The van der Waals surface area contributed by atoms with Gasteiger partial charge in [-0.2, -0.15) is 0 Å². The van der Waals surface area contributed by atoms with Crippen molar-refractivity contribution in [1.82, 2.24) is 4.90 Å². The van der Waals surface area contributed by atoms with E-state index >= 15 is 0 Å². The Hall–Kier alpha value is -0.0800. The molecule has 2 heteroatoms. The Kier molecular flexibility index (Phi) is 2.44. The van der Waals surface area contributed by atoms with Gasteiger partial charge in [-0.15, -0.1) is 0 Å². The number of ether oxygens (including phenoxy) is 1. The van der Waals surface area contributed by atoms with Crippen LogP contribution in [0.4, 0.5) is 0 Å². The molecule has 0 N–H and O–H groups in total.